The van der Waals surface area contributed by atoms with Gasteiger partial charge in [0.1, 0.15) is 0 Å². The van der Waals surface area contributed by atoms with E-state index in [1.165, 1.54) is 7.11 Å². The molecule has 1 saturated heterocycles. The lowest BCUT2D eigenvalue weighted by Gasteiger charge is -2.31. The van der Waals surface area contributed by atoms with Gasteiger partial charge in [0, 0.05) is 25.5 Å². The van der Waals surface area contributed by atoms with Gasteiger partial charge in [-0.3, -0.25) is 4.79 Å². The standard InChI is InChI=1S/C11H15N3O2/c1-16-10(15)9-4-2-7-14(8-9)11-12-5-3-6-13-11/h3,5-6,9H,2,4,7-8H2,1H3/t9-/m0/s1. The number of nitrogens with zero attached hydrogens (tertiary/aromatic N) is 3. The summed E-state index contributed by atoms with van der Waals surface area (Å²) in [6, 6.07) is 1.78. The number of hydrogen-bond donors (Lipinski definition) is 0. The van der Waals surface area contributed by atoms with Gasteiger partial charge in [-0.1, -0.05) is 0 Å². The van der Waals surface area contributed by atoms with Crippen LogP contribution in [0.25, 0.3) is 0 Å². The van der Waals surface area contributed by atoms with E-state index in [0.29, 0.717) is 12.5 Å². The van der Waals surface area contributed by atoms with Crippen molar-refractivity contribution in [2.24, 2.45) is 5.92 Å². The van der Waals surface area contributed by atoms with Gasteiger partial charge in [-0.05, 0) is 18.9 Å². The Hall–Kier alpha value is -1.65. The number of carbonyl (C=O) groups is 1. The number of anilines is 1. The largest absolute Gasteiger partial charge is 0.469 e. The molecule has 0 unspecified atom stereocenters. The summed E-state index contributed by atoms with van der Waals surface area (Å²) in [7, 11) is 1.43. The molecule has 0 aromatic carbocycles. The van der Waals surface area contributed by atoms with Gasteiger partial charge in [0.25, 0.3) is 0 Å². The minimum Gasteiger partial charge on any atom is -0.469 e. The van der Waals surface area contributed by atoms with Crippen LogP contribution >= 0.6 is 0 Å². The van der Waals surface area contributed by atoms with Crippen LogP contribution < -0.4 is 4.90 Å². The average Bonchev–Trinajstić information content (AvgIpc) is 2.39. The molecule has 2 rings (SSSR count). The summed E-state index contributed by atoms with van der Waals surface area (Å²) in [5, 5.41) is 0. The van der Waals surface area contributed by atoms with Crippen molar-refractivity contribution in [1.82, 2.24) is 9.97 Å². The van der Waals surface area contributed by atoms with Crippen LogP contribution in [-0.4, -0.2) is 36.1 Å². The number of piperidine rings is 1. The van der Waals surface area contributed by atoms with Crippen LogP contribution in [0.5, 0.6) is 0 Å². The van der Waals surface area contributed by atoms with Crippen molar-refractivity contribution in [2.45, 2.75) is 12.8 Å². The van der Waals surface area contributed by atoms with Crippen LogP contribution in [0.3, 0.4) is 0 Å². The first kappa shape index (κ1) is 10.9. The summed E-state index contributed by atoms with van der Waals surface area (Å²) in [5.74, 6) is 0.499. The molecule has 86 valence electrons. The summed E-state index contributed by atoms with van der Waals surface area (Å²) >= 11 is 0. The smallest absolute Gasteiger partial charge is 0.310 e. The Bertz CT molecular complexity index is 356. The molecule has 1 aromatic rings. The van der Waals surface area contributed by atoms with E-state index in [1.54, 1.807) is 18.5 Å². The van der Waals surface area contributed by atoms with Gasteiger partial charge in [-0.15, -0.1) is 0 Å². The number of esters is 1. The van der Waals surface area contributed by atoms with Crippen LogP contribution in [0.15, 0.2) is 18.5 Å². The highest BCUT2D eigenvalue weighted by Crippen LogP contribution is 2.20. The van der Waals surface area contributed by atoms with Gasteiger partial charge >= 0.3 is 5.97 Å². The summed E-state index contributed by atoms with van der Waals surface area (Å²) in [5.41, 5.74) is 0. The van der Waals surface area contributed by atoms with E-state index < -0.39 is 0 Å². The topological polar surface area (TPSA) is 55.3 Å². The third kappa shape index (κ3) is 2.29. The van der Waals surface area contributed by atoms with Gasteiger partial charge in [0.15, 0.2) is 0 Å². The quantitative estimate of drug-likeness (QED) is 0.693. The first-order chi connectivity index (χ1) is 7.81. The molecule has 0 bridgehead atoms. The molecule has 0 amide bonds. The summed E-state index contributed by atoms with van der Waals surface area (Å²) < 4.78 is 4.77. The zero-order chi connectivity index (χ0) is 11.4. The van der Waals surface area contributed by atoms with Crippen LogP contribution in [0, 0.1) is 5.92 Å². The maximum absolute atomic E-state index is 11.5. The zero-order valence-corrected chi connectivity index (χ0v) is 9.30. The monoisotopic (exact) mass is 221 g/mol. The Morgan fingerprint density at radius 3 is 2.94 bits per heavy atom. The third-order valence-electron chi connectivity index (χ3n) is 2.79. The fraction of sp³-hybridized carbons (Fsp3) is 0.545. The zero-order valence-electron chi connectivity index (χ0n) is 9.30. The maximum Gasteiger partial charge on any atom is 0.310 e. The van der Waals surface area contributed by atoms with Crippen molar-refractivity contribution >= 4 is 11.9 Å². The fourth-order valence-corrected chi connectivity index (χ4v) is 1.97. The van der Waals surface area contributed by atoms with Crippen molar-refractivity contribution in [1.29, 1.82) is 0 Å². The van der Waals surface area contributed by atoms with E-state index in [-0.39, 0.29) is 11.9 Å². The highest BCUT2D eigenvalue weighted by Gasteiger charge is 2.27. The highest BCUT2D eigenvalue weighted by molar-refractivity contribution is 5.73. The summed E-state index contributed by atoms with van der Waals surface area (Å²) in [4.78, 5) is 21.9. The molecule has 5 heteroatoms. The second-order valence-corrected chi connectivity index (χ2v) is 3.86. The molecular formula is C11H15N3O2. The predicted octanol–water partition coefficient (Wildman–Crippen LogP) is 0.866. The molecular weight excluding hydrogens is 206 g/mol. The van der Waals surface area contributed by atoms with Gasteiger partial charge in [-0.25, -0.2) is 9.97 Å². The molecule has 0 radical (unpaired) electrons. The molecule has 1 fully saturated rings. The lowest BCUT2D eigenvalue weighted by atomic mass is 9.98. The van der Waals surface area contributed by atoms with Gasteiger partial charge in [0.05, 0.1) is 13.0 Å². The molecule has 2 heterocycles. The fourth-order valence-electron chi connectivity index (χ4n) is 1.97. The van der Waals surface area contributed by atoms with E-state index in [0.717, 1.165) is 19.4 Å². The van der Waals surface area contributed by atoms with Gasteiger partial charge in [0.2, 0.25) is 5.95 Å². The predicted molar refractivity (Wildman–Crippen MR) is 59.0 cm³/mol. The Labute approximate surface area is 94.5 Å². The molecule has 1 atom stereocenters. The normalized spacial score (nSPS) is 20.6. The van der Waals surface area contributed by atoms with Crippen molar-refractivity contribution in [3.05, 3.63) is 18.5 Å². The van der Waals surface area contributed by atoms with Crippen molar-refractivity contribution < 1.29 is 9.53 Å². The maximum atomic E-state index is 11.5. The Morgan fingerprint density at radius 2 is 2.25 bits per heavy atom. The van der Waals surface area contributed by atoms with Crippen LogP contribution in [0.1, 0.15) is 12.8 Å². The number of aromatic nitrogens is 2. The van der Waals surface area contributed by atoms with Crippen molar-refractivity contribution in [3.63, 3.8) is 0 Å². The second kappa shape index (κ2) is 4.92. The van der Waals surface area contributed by atoms with Crippen molar-refractivity contribution in [2.75, 3.05) is 25.1 Å². The molecule has 1 aliphatic heterocycles. The number of rotatable bonds is 2. The summed E-state index contributed by atoms with van der Waals surface area (Å²) in [6.45, 7) is 1.55. The van der Waals surface area contributed by atoms with Crippen LogP contribution in [-0.2, 0) is 9.53 Å². The molecule has 1 aliphatic rings. The van der Waals surface area contributed by atoms with Crippen LogP contribution in [0.4, 0.5) is 5.95 Å². The Balaban J connectivity index is 2.05. The third-order valence-corrected chi connectivity index (χ3v) is 2.79. The molecule has 16 heavy (non-hydrogen) atoms. The van der Waals surface area contributed by atoms with Crippen molar-refractivity contribution in [3.8, 4) is 0 Å². The molecule has 5 nitrogen and oxygen atoms in total. The van der Waals surface area contributed by atoms with Gasteiger partial charge in [-0.2, -0.15) is 0 Å². The second-order valence-electron chi connectivity index (χ2n) is 3.86. The molecule has 0 spiro atoms. The minimum atomic E-state index is -0.138. The Morgan fingerprint density at radius 1 is 1.50 bits per heavy atom. The first-order valence-electron chi connectivity index (χ1n) is 5.41. The van der Waals surface area contributed by atoms with E-state index in [1.807, 2.05) is 4.90 Å². The molecule has 0 aliphatic carbocycles. The average molecular weight is 221 g/mol. The summed E-state index contributed by atoms with van der Waals surface area (Å²) in [6.07, 6.45) is 5.28. The Kier molecular flexibility index (Phi) is 3.34. The lowest BCUT2D eigenvalue weighted by molar-refractivity contribution is -0.145. The van der Waals surface area contributed by atoms with E-state index in [9.17, 15) is 4.79 Å². The minimum absolute atomic E-state index is 0.0532. The van der Waals surface area contributed by atoms with Crippen LogP contribution in [0.2, 0.25) is 0 Å². The molecule has 0 N–H and O–H groups in total. The SMILES string of the molecule is COC(=O)[C@H]1CCCN(c2ncccn2)C1. The van der Waals surface area contributed by atoms with Gasteiger partial charge < -0.3 is 9.64 Å². The first-order valence-corrected chi connectivity index (χ1v) is 5.41. The van der Waals surface area contributed by atoms with E-state index in [2.05, 4.69) is 9.97 Å². The highest BCUT2D eigenvalue weighted by atomic mass is 16.5. The number of carbonyl (C=O) groups excluding carboxylic acids is 1. The molecule has 0 saturated carbocycles. The number of methoxy groups -OCH3 is 1. The van der Waals surface area contributed by atoms with E-state index >= 15 is 0 Å². The lowest BCUT2D eigenvalue weighted by Crippen LogP contribution is -2.40. The molecule has 1 aromatic heterocycles. The van der Waals surface area contributed by atoms with E-state index in [4.69, 9.17) is 4.74 Å². The number of ether oxygens (including phenoxy) is 1. The number of hydrogen-bond acceptors (Lipinski definition) is 5.